The number of ether oxygens (including phenoxy) is 1. The number of hydrogen-bond donors (Lipinski definition) is 1. The third-order valence-corrected chi connectivity index (χ3v) is 4.83. The van der Waals surface area contributed by atoms with E-state index in [4.69, 9.17) is 4.74 Å². The number of rotatable bonds is 2. The van der Waals surface area contributed by atoms with Crippen LogP contribution in [0.1, 0.15) is 18.4 Å². The lowest BCUT2D eigenvalue weighted by molar-refractivity contribution is -0.0511. The average Bonchev–Trinajstić information content (AvgIpc) is 2.48. The summed E-state index contributed by atoms with van der Waals surface area (Å²) >= 11 is 0. The van der Waals surface area contributed by atoms with E-state index in [0.717, 1.165) is 6.07 Å². The van der Waals surface area contributed by atoms with Crippen molar-refractivity contribution >= 4 is 15.9 Å². The van der Waals surface area contributed by atoms with Gasteiger partial charge in [0.25, 0.3) is 0 Å². The Bertz CT molecular complexity index is 782. The van der Waals surface area contributed by atoms with E-state index in [9.17, 15) is 26.0 Å². The molecule has 2 heterocycles. The van der Waals surface area contributed by atoms with Crippen LogP contribution in [0.4, 0.5) is 17.6 Å². The number of alkyl halides is 3. The monoisotopic (exact) mass is 367 g/mol. The van der Waals surface area contributed by atoms with E-state index in [1.807, 2.05) is 0 Å². The van der Waals surface area contributed by atoms with Crippen LogP contribution in [0.25, 0.3) is 5.76 Å². The maximum Gasteiger partial charge on any atom is 0.534 e. The molecule has 24 heavy (non-hydrogen) atoms. The first-order valence-electron chi connectivity index (χ1n) is 7.06. The summed E-state index contributed by atoms with van der Waals surface area (Å²) in [5, 5.41) is 3.04. The van der Waals surface area contributed by atoms with Crippen LogP contribution < -0.4 is 10.1 Å². The van der Waals surface area contributed by atoms with Crippen molar-refractivity contribution in [3.8, 4) is 5.75 Å². The quantitative estimate of drug-likeness (QED) is 0.494. The fourth-order valence-electron chi connectivity index (χ4n) is 2.69. The molecule has 0 aromatic heterocycles. The Morgan fingerprint density at radius 3 is 2.50 bits per heavy atom. The van der Waals surface area contributed by atoms with Gasteiger partial charge in [0, 0.05) is 18.9 Å². The highest BCUT2D eigenvalue weighted by Crippen LogP contribution is 2.43. The minimum absolute atomic E-state index is 0.174. The summed E-state index contributed by atoms with van der Waals surface area (Å²) in [4.78, 5) is 0. The van der Waals surface area contributed by atoms with Gasteiger partial charge in [-0.15, -0.1) is 0 Å². The lowest BCUT2D eigenvalue weighted by atomic mass is 9.88. The van der Waals surface area contributed by atoms with Crippen molar-refractivity contribution in [1.29, 1.82) is 0 Å². The fraction of sp³-hybridized carbons (Fsp3) is 0.429. The average molecular weight is 367 g/mol. The molecule has 0 saturated carbocycles. The van der Waals surface area contributed by atoms with Crippen molar-refractivity contribution in [1.82, 2.24) is 5.32 Å². The third kappa shape index (κ3) is 2.95. The second-order valence-corrected chi connectivity index (χ2v) is 7.06. The van der Waals surface area contributed by atoms with Crippen LogP contribution in [0.2, 0.25) is 0 Å². The summed E-state index contributed by atoms with van der Waals surface area (Å²) in [5.74, 6) is -1.69. The number of halogens is 4. The fourth-order valence-corrected chi connectivity index (χ4v) is 3.16. The summed E-state index contributed by atoms with van der Waals surface area (Å²) in [5.41, 5.74) is -6.87. The summed E-state index contributed by atoms with van der Waals surface area (Å²) in [6, 6.07) is 3.55. The number of hydrogen-bond acceptors (Lipinski definition) is 5. The van der Waals surface area contributed by atoms with Gasteiger partial charge in [-0.25, -0.2) is 4.39 Å². The zero-order chi connectivity index (χ0) is 17.6. The van der Waals surface area contributed by atoms with Crippen LogP contribution in [0.5, 0.6) is 5.75 Å². The number of fused-ring (bicyclic) bond motifs is 1. The summed E-state index contributed by atoms with van der Waals surface area (Å²) in [7, 11) is -5.87. The number of nitrogens with one attached hydrogen (secondary N) is 1. The van der Waals surface area contributed by atoms with Crippen LogP contribution >= 0.6 is 0 Å². The minimum Gasteiger partial charge on any atom is -0.479 e. The molecule has 2 aliphatic rings. The Labute approximate surface area is 135 Å². The van der Waals surface area contributed by atoms with Crippen LogP contribution in [-0.4, -0.2) is 32.6 Å². The SMILES string of the molecule is O=S(=O)(OC1=CC2(CCNCC2)Oc2c(F)cccc21)C(F)(F)F. The van der Waals surface area contributed by atoms with Gasteiger partial charge in [0.1, 0.15) is 5.60 Å². The Kier molecular flexibility index (Phi) is 3.99. The Hall–Kier alpha value is -1.81. The topological polar surface area (TPSA) is 64.6 Å². The van der Waals surface area contributed by atoms with Crippen molar-refractivity contribution < 1.29 is 34.9 Å². The maximum absolute atomic E-state index is 14.1. The molecule has 3 rings (SSSR count). The molecule has 0 unspecified atom stereocenters. The zero-order valence-corrected chi connectivity index (χ0v) is 13.0. The van der Waals surface area contributed by atoms with E-state index in [1.54, 1.807) is 0 Å². The van der Waals surface area contributed by atoms with Crippen molar-refractivity contribution in [3.05, 3.63) is 35.7 Å². The molecule has 1 aromatic rings. The normalized spacial score (nSPS) is 20.1. The van der Waals surface area contributed by atoms with Gasteiger partial charge in [-0.2, -0.15) is 21.6 Å². The predicted molar refractivity (Wildman–Crippen MR) is 75.9 cm³/mol. The highest BCUT2D eigenvalue weighted by Gasteiger charge is 2.50. The van der Waals surface area contributed by atoms with Gasteiger partial charge in [0.2, 0.25) is 0 Å². The molecule has 5 nitrogen and oxygen atoms in total. The smallest absolute Gasteiger partial charge is 0.479 e. The van der Waals surface area contributed by atoms with Crippen LogP contribution in [0, 0.1) is 5.82 Å². The largest absolute Gasteiger partial charge is 0.534 e. The van der Waals surface area contributed by atoms with Gasteiger partial charge < -0.3 is 14.2 Å². The molecule has 0 aliphatic carbocycles. The van der Waals surface area contributed by atoms with Gasteiger partial charge in [0.15, 0.2) is 17.3 Å². The Morgan fingerprint density at radius 1 is 1.21 bits per heavy atom. The molecule has 1 N–H and O–H groups in total. The summed E-state index contributed by atoms with van der Waals surface area (Å²) in [6.07, 6.45) is 1.86. The molecular weight excluding hydrogens is 354 g/mol. The molecule has 2 aliphatic heterocycles. The maximum atomic E-state index is 14.1. The first kappa shape index (κ1) is 17.0. The molecule has 1 spiro atoms. The van der Waals surface area contributed by atoms with E-state index >= 15 is 0 Å². The van der Waals surface area contributed by atoms with Gasteiger partial charge in [-0.05, 0) is 25.2 Å². The molecule has 0 radical (unpaired) electrons. The van der Waals surface area contributed by atoms with E-state index in [1.165, 1.54) is 18.2 Å². The highest BCUT2D eigenvalue weighted by molar-refractivity contribution is 7.87. The lowest BCUT2D eigenvalue weighted by Gasteiger charge is -2.39. The molecule has 132 valence electrons. The van der Waals surface area contributed by atoms with E-state index in [-0.39, 0.29) is 11.3 Å². The van der Waals surface area contributed by atoms with Crippen LogP contribution in [0.15, 0.2) is 24.3 Å². The second-order valence-electron chi connectivity index (χ2n) is 5.53. The second kappa shape index (κ2) is 5.62. The van der Waals surface area contributed by atoms with Gasteiger partial charge in [-0.3, -0.25) is 0 Å². The van der Waals surface area contributed by atoms with Crippen molar-refractivity contribution in [2.24, 2.45) is 0 Å². The lowest BCUT2D eigenvalue weighted by Crippen LogP contribution is -2.46. The van der Waals surface area contributed by atoms with Crippen molar-refractivity contribution in [3.63, 3.8) is 0 Å². The molecule has 0 amide bonds. The van der Waals surface area contributed by atoms with E-state index in [0.29, 0.717) is 25.9 Å². The summed E-state index contributed by atoms with van der Waals surface area (Å²) in [6.45, 7) is 0.971. The first-order chi connectivity index (χ1) is 11.1. The van der Waals surface area contributed by atoms with Gasteiger partial charge in [0.05, 0.1) is 5.56 Å². The molecule has 0 bridgehead atoms. The third-order valence-electron chi connectivity index (χ3n) is 3.86. The Morgan fingerprint density at radius 2 is 1.88 bits per heavy atom. The molecular formula is C14H13F4NO4S. The van der Waals surface area contributed by atoms with Gasteiger partial charge in [-0.1, -0.05) is 6.07 Å². The highest BCUT2D eigenvalue weighted by atomic mass is 32.2. The van der Waals surface area contributed by atoms with Gasteiger partial charge >= 0.3 is 15.6 Å². The molecule has 10 heteroatoms. The van der Waals surface area contributed by atoms with E-state index < -0.39 is 32.8 Å². The van der Waals surface area contributed by atoms with Crippen molar-refractivity contribution in [2.75, 3.05) is 13.1 Å². The van der Waals surface area contributed by atoms with Crippen molar-refractivity contribution in [2.45, 2.75) is 24.0 Å². The summed E-state index contributed by atoms with van der Waals surface area (Å²) < 4.78 is 84.6. The molecule has 1 aromatic carbocycles. The predicted octanol–water partition coefficient (Wildman–Crippen LogP) is 2.55. The molecule has 0 atom stereocenters. The standard InChI is InChI=1S/C14H13F4NO4S/c15-10-3-1-2-9-11(23-24(20,21)14(16,17)18)8-13(22-12(9)10)4-6-19-7-5-13/h1-3,8,19H,4-7H2. The number of para-hydroxylation sites is 1. The number of benzene rings is 1. The number of piperidine rings is 1. The Balaban J connectivity index is 2.08. The van der Waals surface area contributed by atoms with Crippen LogP contribution in [-0.2, 0) is 14.3 Å². The van der Waals surface area contributed by atoms with E-state index in [2.05, 4.69) is 9.50 Å². The first-order valence-corrected chi connectivity index (χ1v) is 8.47. The molecule has 1 fully saturated rings. The minimum atomic E-state index is -5.87. The zero-order valence-electron chi connectivity index (χ0n) is 12.2. The van der Waals surface area contributed by atoms with Crippen LogP contribution in [0.3, 0.4) is 0 Å². The molecule has 1 saturated heterocycles.